The maximum Gasteiger partial charge on any atom is 0.212 e. The molecule has 0 bridgehead atoms. The van der Waals surface area contributed by atoms with Gasteiger partial charge in [0.1, 0.15) is 0 Å². The number of sulfonamides is 1. The van der Waals surface area contributed by atoms with Gasteiger partial charge in [-0.3, -0.25) is 0 Å². The summed E-state index contributed by atoms with van der Waals surface area (Å²) in [6, 6.07) is 0. The van der Waals surface area contributed by atoms with Crippen molar-refractivity contribution < 1.29 is 8.42 Å². The topological polar surface area (TPSA) is 46.2 Å². The fourth-order valence-electron chi connectivity index (χ4n) is 1.76. The molecule has 1 aliphatic rings. The van der Waals surface area contributed by atoms with E-state index < -0.39 is 10.0 Å². The zero-order valence-corrected chi connectivity index (χ0v) is 10.1. The molecule has 1 fully saturated rings. The summed E-state index contributed by atoms with van der Waals surface area (Å²) < 4.78 is 26.0. The van der Waals surface area contributed by atoms with Crippen LogP contribution in [-0.2, 0) is 10.0 Å². The zero-order chi connectivity index (χ0) is 10.7. The maximum absolute atomic E-state index is 11.6. The average Bonchev–Trinajstić information content (AvgIpc) is 2.08. The van der Waals surface area contributed by atoms with Crippen LogP contribution in [-0.4, -0.2) is 25.6 Å². The van der Waals surface area contributed by atoms with Crippen molar-refractivity contribution >= 4 is 21.6 Å². The molecule has 84 valence electrons. The van der Waals surface area contributed by atoms with Gasteiger partial charge in [0.25, 0.3) is 0 Å². The molecule has 1 saturated carbocycles. The van der Waals surface area contributed by atoms with Crippen LogP contribution in [0.3, 0.4) is 0 Å². The summed E-state index contributed by atoms with van der Waals surface area (Å²) in [5.74, 6) is 0.554. The van der Waals surface area contributed by atoms with Crippen molar-refractivity contribution in [1.29, 1.82) is 0 Å². The summed E-state index contributed by atoms with van der Waals surface area (Å²) in [5, 5.41) is 0. The minimum atomic E-state index is -3.11. The second kappa shape index (κ2) is 4.81. The molecule has 0 atom stereocenters. The lowest BCUT2D eigenvalue weighted by molar-refractivity contribution is 0.214. The van der Waals surface area contributed by atoms with Crippen LogP contribution < -0.4 is 4.72 Å². The highest BCUT2D eigenvalue weighted by Gasteiger charge is 2.38. The van der Waals surface area contributed by atoms with E-state index >= 15 is 0 Å². The Bertz CT molecular complexity index is 267. The summed E-state index contributed by atoms with van der Waals surface area (Å²) in [7, 11) is -3.11. The smallest absolute Gasteiger partial charge is 0.212 e. The van der Waals surface area contributed by atoms with Crippen molar-refractivity contribution in [3.63, 3.8) is 0 Å². The quantitative estimate of drug-likeness (QED) is 0.720. The summed E-state index contributed by atoms with van der Waals surface area (Å²) >= 11 is 5.47. The van der Waals surface area contributed by atoms with E-state index in [1.807, 2.05) is 6.92 Å². The fourth-order valence-corrected chi connectivity index (χ4v) is 3.68. The first-order chi connectivity index (χ1) is 6.54. The molecule has 0 spiro atoms. The number of nitrogens with one attached hydrogen (secondary N) is 1. The van der Waals surface area contributed by atoms with Crippen LogP contribution in [0.1, 0.15) is 39.0 Å². The van der Waals surface area contributed by atoms with Crippen LogP contribution in [0, 0.1) is 0 Å². The summed E-state index contributed by atoms with van der Waals surface area (Å²) in [6.07, 6.45) is 4.49. The predicted molar refractivity (Wildman–Crippen MR) is 59.1 cm³/mol. The Morgan fingerprint density at radius 1 is 1.43 bits per heavy atom. The number of rotatable bonds is 6. The van der Waals surface area contributed by atoms with Gasteiger partial charge in [0.05, 0.1) is 5.75 Å². The second-order valence-electron chi connectivity index (χ2n) is 3.95. The summed E-state index contributed by atoms with van der Waals surface area (Å²) in [4.78, 5) is 0. The van der Waals surface area contributed by atoms with Crippen molar-refractivity contribution in [3.8, 4) is 0 Å². The van der Waals surface area contributed by atoms with Gasteiger partial charge in [0.2, 0.25) is 10.0 Å². The van der Waals surface area contributed by atoms with E-state index in [0.717, 1.165) is 25.7 Å². The molecule has 0 aliphatic heterocycles. The van der Waals surface area contributed by atoms with Gasteiger partial charge in [-0.05, 0) is 32.1 Å². The van der Waals surface area contributed by atoms with Crippen molar-refractivity contribution in [2.75, 3.05) is 11.6 Å². The van der Waals surface area contributed by atoms with Gasteiger partial charge in [-0.2, -0.15) is 0 Å². The molecule has 0 heterocycles. The molecule has 0 aromatic rings. The van der Waals surface area contributed by atoms with E-state index in [0.29, 0.717) is 12.3 Å². The SMILES string of the molecule is CCC1(NS(=O)(=O)CCCCl)CCC1. The third-order valence-electron chi connectivity index (χ3n) is 2.91. The summed E-state index contributed by atoms with van der Waals surface area (Å²) in [5.41, 5.74) is -0.134. The van der Waals surface area contributed by atoms with Gasteiger partial charge in [0.15, 0.2) is 0 Å². The van der Waals surface area contributed by atoms with Gasteiger partial charge < -0.3 is 0 Å². The van der Waals surface area contributed by atoms with Crippen LogP contribution in [0.2, 0.25) is 0 Å². The van der Waals surface area contributed by atoms with E-state index in [-0.39, 0.29) is 11.3 Å². The average molecular weight is 240 g/mol. The highest BCUT2D eigenvalue weighted by Crippen LogP contribution is 2.35. The Morgan fingerprint density at radius 3 is 2.43 bits per heavy atom. The van der Waals surface area contributed by atoms with Crippen molar-refractivity contribution in [1.82, 2.24) is 4.72 Å². The third-order valence-corrected chi connectivity index (χ3v) is 4.74. The monoisotopic (exact) mass is 239 g/mol. The number of alkyl halides is 1. The van der Waals surface area contributed by atoms with Gasteiger partial charge >= 0.3 is 0 Å². The first kappa shape index (κ1) is 12.3. The second-order valence-corrected chi connectivity index (χ2v) is 6.17. The van der Waals surface area contributed by atoms with Crippen molar-refractivity contribution in [2.45, 2.75) is 44.6 Å². The number of halogens is 1. The molecule has 1 rings (SSSR count). The lowest BCUT2D eigenvalue weighted by Crippen LogP contribution is -2.53. The Morgan fingerprint density at radius 2 is 2.07 bits per heavy atom. The zero-order valence-electron chi connectivity index (χ0n) is 8.55. The van der Waals surface area contributed by atoms with Crippen LogP contribution in [0.15, 0.2) is 0 Å². The molecule has 5 heteroatoms. The number of hydrogen-bond donors (Lipinski definition) is 1. The molecule has 1 N–H and O–H groups in total. The normalized spacial score (nSPS) is 20.4. The van der Waals surface area contributed by atoms with E-state index in [1.54, 1.807) is 0 Å². The fraction of sp³-hybridized carbons (Fsp3) is 1.00. The lowest BCUT2D eigenvalue weighted by atomic mass is 9.76. The molecule has 1 aliphatic carbocycles. The highest BCUT2D eigenvalue weighted by molar-refractivity contribution is 7.89. The first-order valence-corrected chi connectivity index (χ1v) is 7.30. The molecular formula is C9H18ClNO2S. The summed E-state index contributed by atoms with van der Waals surface area (Å²) in [6.45, 7) is 2.03. The minimum absolute atomic E-state index is 0.134. The Kier molecular flexibility index (Phi) is 4.22. The molecule has 0 aromatic carbocycles. The molecule has 0 amide bonds. The van der Waals surface area contributed by atoms with Crippen molar-refractivity contribution in [3.05, 3.63) is 0 Å². The predicted octanol–water partition coefficient (Wildman–Crippen LogP) is 1.87. The Labute approximate surface area is 91.3 Å². The molecule has 3 nitrogen and oxygen atoms in total. The third kappa shape index (κ3) is 3.11. The minimum Gasteiger partial charge on any atom is -0.212 e. The molecule has 0 unspecified atom stereocenters. The van der Waals surface area contributed by atoms with E-state index in [1.165, 1.54) is 0 Å². The molecule has 14 heavy (non-hydrogen) atoms. The largest absolute Gasteiger partial charge is 0.212 e. The van der Waals surface area contributed by atoms with E-state index in [4.69, 9.17) is 11.6 Å². The van der Waals surface area contributed by atoms with Gasteiger partial charge in [-0.15, -0.1) is 11.6 Å². The van der Waals surface area contributed by atoms with Crippen LogP contribution in [0.25, 0.3) is 0 Å². The van der Waals surface area contributed by atoms with Gasteiger partial charge in [0, 0.05) is 11.4 Å². The standard InChI is InChI=1S/C9H18ClNO2S/c1-2-9(5-3-6-9)11-14(12,13)8-4-7-10/h11H,2-8H2,1H3. The lowest BCUT2D eigenvalue weighted by Gasteiger charge is -2.41. The van der Waals surface area contributed by atoms with Crippen molar-refractivity contribution in [2.24, 2.45) is 0 Å². The van der Waals surface area contributed by atoms with E-state index in [9.17, 15) is 8.42 Å². The highest BCUT2D eigenvalue weighted by atomic mass is 35.5. The Balaban J connectivity index is 2.49. The van der Waals surface area contributed by atoms with E-state index in [2.05, 4.69) is 4.72 Å². The molecule has 0 radical (unpaired) electrons. The van der Waals surface area contributed by atoms with Crippen LogP contribution in [0.5, 0.6) is 0 Å². The first-order valence-electron chi connectivity index (χ1n) is 5.11. The number of hydrogen-bond acceptors (Lipinski definition) is 2. The maximum atomic E-state index is 11.6. The van der Waals surface area contributed by atoms with Gasteiger partial charge in [-0.25, -0.2) is 13.1 Å². The van der Waals surface area contributed by atoms with Crippen LogP contribution >= 0.6 is 11.6 Å². The Hall–Kier alpha value is 0.200. The van der Waals surface area contributed by atoms with Crippen LogP contribution in [0.4, 0.5) is 0 Å². The molecular weight excluding hydrogens is 222 g/mol. The van der Waals surface area contributed by atoms with Gasteiger partial charge in [-0.1, -0.05) is 6.92 Å². The molecule has 0 saturated heterocycles. The molecule has 0 aromatic heterocycles.